The van der Waals surface area contributed by atoms with Gasteiger partial charge in [0.05, 0.1) is 6.54 Å². The van der Waals surface area contributed by atoms with Crippen LogP contribution in [0.5, 0.6) is 0 Å². The smallest absolute Gasteiger partial charge is 0.233 e. The maximum atomic E-state index is 11.2. The van der Waals surface area contributed by atoms with Gasteiger partial charge in [0.25, 0.3) is 0 Å². The lowest BCUT2D eigenvalue weighted by Crippen LogP contribution is -2.39. The van der Waals surface area contributed by atoms with Gasteiger partial charge in [-0.25, -0.2) is 0 Å². The van der Waals surface area contributed by atoms with Gasteiger partial charge in [-0.15, -0.1) is 0 Å². The molecule has 0 saturated carbocycles. The summed E-state index contributed by atoms with van der Waals surface area (Å²) in [4.78, 5) is 13.4. The molecule has 82 valence electrons. The Labute approximate surface area is 85.8 Å². The van der Waals surface area contributed by atoms with E-state index < -0.39 is 0 Å². The first-order chi connectivity index (χ1) is 6.76. The predicted octanol–water partition coefficient (Wildman–Crippen LogP) is -0.207. The largest absolute Gasteiger partial charge is 0.358 e. The van der Waals surface area contributed by atoms with Crippen molar-refractivity contribution in [3.8, 4) is 0 Å². The van der Waals surface area contributed by atoms with E-state index in [9.17, 15) is 4.79 Å². The van der Waals surface area contributed by atoms with Crippen molar-refractivity contribution in [2.24, 2.45) is 11.7 Å². The van der Waals surface area contributed by atoms with Crippen LogP contribution in [0.2, 0.25) is 0 Å². The van der Waals surface area contributed by atoms with Crippen LogP contribution in [0.4, 0.5) is 0 Å². The molecule has 1 rings (SSSR count). The zero-order valence-electron chi connectivity index (χ0n) is 8.96. The number of hydrogen-bond donors (Lipinski definition) is 2. The maximum Gasteiger partial charge on any atom is 0.233 e. The monoisotopic (exact) mass is 199 g/mol. The molecule has 4 nitrogen and oxygen atoms in total. The van der Waals surface area contributed by atoms with Gasteiger partial charge < -0.3 is 11.1 Å². The molecular formula is C10H21N3O. The molecule has 1 amide bonds. The van der Waals surface area contributed by atoms with Crippen LogP contribution in [0.1, 0.15) is 19.3 Å². The van der Waals surface area contributed by atoms with Crippen molar-refractivity contribution in [3.05, 3.63) is 0 Å². The van der Waals surface area contributed by atoms with Gasteiger partial charge in [0.15, 0.2) is 0 Å². The topological polar surface area (TPSA) is 58.4 Å². The SMILES string of the molecule is CNC(=O)CN1CCCCC(CN)C1. The van der Waals surface area contributed by atoms with Gasteiger partial charge in [0.2, 0.25) is 5.91 Å². The minimum absolute atomic E-state index is 0.0997. The number of nitrogens with one attached hydrogen (secondary N) is 1. The van der Waals surface area contributed by atoms with Crippen LogP contribution in [0.15, 0.2) is 0 Å². The molecule has 0 aromatic rings. The predicted molar refractivity (Wildman–Crippen MR) is 56.9 cm³/mol. The fourth-order valence-electron chi connectivity index (χ4n) is 1.93. The molecule has 1 atom stereocenters. The summed E-state index contributed by atoms with van der Waals surface area (Å²) >= 11 is 0. The molecule has 1 aliphatic heterocycles. The highest BCUT2D eigenvalue weighted by molar-refractivity contribution is 5.77. The van der Waals surface area contributed by atoms with Crippen LogP contribution in [-0.2, 0) is 4.79 Å². The molecule has 0 bridgehead atoms. The number of hydrogen-bond acceptors (Lipinski definition) is 3. The highest BCUT2D eigenvalue weighted by Gasteiger charge is 2.18. The Bertz CT molecular complexity index is 184. The first kappa shape index (κ1) is 11.5. The highest BCUT2D eigenvalue weighted by Crippen LogP contribution is 2.14. The summed E-state index contributed by atoms with van der Waals surface area (Å²) in [7, 11) is 1.68. The van der Waals surface area contributed by atoms with Gasteiger partial charge >= 0.3 is 0 Å². The number of likely N-dealkylation sites (tertiary alicyclic amines) is 1. The Morgan fingerprint density at radius 2 is 2.36 bits per heavy atom. The van der Waals surface area contributed by atoms with Gasteiger partial charge in [0.1, 0.15) is 0 Å². The first-order valence-electron chi connectivity index (χ1n) is 5.39. The van der Waals surface area contributed by atoms with E-state index in [2.05, 4.69) is 10.2 Å². The lowest BCUT2D eigenvalue weighted by atomic mass is 10.0. The average molecular weight is 199 g/mol. The third kappa shape index (κ3) is 3.64. The molecule has 1 heterocycles. The standard InChI is InChI=1S/C10H21N3O/c1-12-10(14)8-13-5-3-2-4-9(6-11)7-13/h9H,2-8,11H2,1H3,(H,12,14). The summed E-state index contributed by atoms with van der Waals surface area (Å²) in [6, 6.07) is 0. The molecule has 0 aliphatic carbocycles. The van der Waals surface area contributed by atoms with E-state index in [1.165, 1.54) is 19.3 Å². The molecular weight excluding hydrogens is 178 g/mol. The number of nitrogens with zero attached hydrogens (tertiary/aromatic N) is 1. The first-order valence-corrected chi connectivity index (χ1v) is 5.39. The summed E-state index contributed by atoms with van der Waals surface area (Å²) in [6.45, 7) is 3.27. The molecule has 0 aromatic heterocycles. The second-order valence-corrected chi connectivity index (χ2v) is 4.01. The van der Waals surface area contributed by atoms with E-state index >= 15 is 0 Å². The molecule has 1 saturated heterocycles. The van der Waals surface area contributed by atoms with E-state index in [-0.39, 0.29) is 5.91 Å². The van der Waals surface area contributed by atoms with Crippen molar-refractivity contribution in [1.82, 2.24) is 10.2 Å². The van der Waals surface area contributed by atoms with Gasteiger partial charge in [-0.05, 0) is 31.8 Å². The second-order valence-electron chi connectivity index (χ2n) is 4.01. The zero-order valence-corrected chi connectivity index (χ0v) is 8.96. The van der Waals surface area contributed by atoms with E-state index in [0.717, 1.165) is 19.6 Å². The van der Waals surface area contributed by atoms with E-state index in [1.54, 1.807) is 7.05 Å². The number of rotatable bonds is 3. The molecule has 0 radical (unpaired) electrons. The van der Waals surface area contributed by atoms with Crippen molar-refractivity contribution in [1.29, 1.82) is 0 Å². The van der Waals surface area contributed by atoms with Gasteiger partial charge in [-0.2, -0.15) is 0 Å². The third-order valence-electron chi connectivity index (χ3n) is 2.83. The lowest BCUT2D eigenvalue weighted by Gasteiger charge is -2.22. The minimum atomic E-state index is 0.0997. The number of nitrogens with two attached hydrogens (primary N) is 1. The number of amides is 1. The Morgan fingerprint density at radius 1 is 1.57 bits per heavy atom. The van der Waals surface area contributed by atoms with Crippen molar-refractivity contribution in [2.45, 2.75) is 19.3 Å². The maximum absolute atomic E-state index is 11.2. The van der Waals surface area contributed by atoms with Crippen LogP contribution in [-0.4, -0.2) is 44.0 Å². The number of carbonyl (C=O) groups excluding carboxylic acids is 1. The molecule has 0 aromatic carbocycles. The fraction of sp³-hybridized carbons (Fsp3) is 0.900. The Kier molecular flexibility index (Phi) is 4.90. The lowest BCUT2D eigenvalue weighted by molar-refractivity contribution is -0.121. The molecule has 0 spiro atoms. The number of carbonyl (C=O) groups is 1. The number of likely N-dealkylation sites (N-methyl/N-ethyl adjacent to an activating group) is 1. The van der Waals surface area contributed by atoms with Crippen molar-refractivity contribution in [3.63, 3.8) is 0 Å². The van der Waals surface area contributed by atoms with E-state index in [1.807, 2.05) is 0 Å². The zero-order chi connectivity index (χ0) is 10.4. The Hall–Kier alpha value is -0.610. The molecule has 1 fully saturated rings. The van der Waals surface area contributed by atoms with Crippen molar-refractivity contribution >= 4 is 5.91 Å². The van der Waals surface area contributed by atoms with Gasteiger partial charge in [-0.3, -0.25) is 9.69 Å². The highest BCUT2D eigenvalue weighted by atomic mass is 16.1. The van der Waals surface area contributed by atoms with Crippen LogP contribution in [0.3, 0.4) is 0 Å². The summed E-state index contributed by atoms with van der Waals surface area (Å²) in [5.41, 5.74) is 5.67. The normalized spacial score (nSPS) is 24.3. The Morgan fingerprint density at radius 3 is 3.00 bits per heavy atom. The summed E-state index contributed by atoms with van der Waals surface area (Å²) in [5.74, 6) is 0.671. The fourth-order valence-corrected chi connectivity index (χ4v) is 1.93. The summed E-state index contributed by atoms with van der Waals surface area (Å²) < 4.78 is 0. The summed E-state index contributed by atoms with van der Waals surface area (Å²) in [6.07, 6.45) is 3.64. The van der Waals surface area contributed by atoms with E-state index in [0.29, 0.717) is 12.5 Å². The van der Waals surface area contributed by atoms with Crippen molar-refractivity contribution in [2.75, 3.05) is 33.2 Å². The minimum Gasteiger partial charge on any atom is -0.358 e. The Balaban J connectivity index is 2.38. The third-order valence-corrected chi connectivity index (χ3v) is 2.83. The molecule has 4 heteroatoms. The van der Waals surface area contributed by atoms with Gasteiger partial charge in [-0.1, -0.05) is 6.42 Å². The molecule has 14 heavy (non-hydrogen) atoms. The summed E-state index contributed by atoms with van der Waals surface area (Å²) in [5, 5.41) is 2.65. The molecule has 1 unspecified atom stereocenters. The van der Waals surface area contributed by atoms with Crippen LogP contribution >= 0.6 is 0 Å². The second kappa shape index (κ2) is 5.98. The molecule has 1 aliphatic rings. The van der Waals surface area contributed by atoms with Crippen molar-refractivity contribution < 1.29 is 4.79 Å². The van der Waals surface area contributed by atoms with Gasteiger partial charge in [0, 0.05) is 13.6 Å². The van der Waals surface area contributed by atoms with Crippen LogP contribution in [0, 0.1) is 5.92 Å². The van der Waals surface area contributed by atoms with Crippen LogP contribution in [0.25, 0.3) is 0 Å². The quantitative estimate of drug-likeness (QED) is 0.661. The average Bonchev–Trinajstić information content (AvgIpc) is 2.42. The van der Waals surface area contributed by atoms with E-state index in [4.69, 9.17) is 5.73 Å². The molecule has 3 N–H and O–H groups in total. The van der Waals surface area contributed by atoms with Crippen LogP contribution < -0.4 is 11.1 Å².